The van der Waals surface area contributed by atoms with E-state index in [0.717, 1.165) is 12.1 Å². The fraction of sp³-hybridized carbons (Fsp3) is 0.333. The largest absolute Gasteiger partial charge is 0.480 e. The molecule has 104 valence electrons. The monoisotopic (exact) mass is 272 g/mol. The Labute approximate surface area is 108 Å². The van der Waals surface area contributed by atoms with Crippen molar-refractivity contribution in [3.8, 4) is 0 Å². The molecule has 1 amide bonds. The number of amides is 1. The van der Waals surface area contributed by atoms with Crippen molar-refractivity contribution in [3.63, 3.8) is 0 Å². The minimum Gasteiger partial charge on any atom is -0.480 e. The van der Waals surface area contributed by atoms with E-state index in [-0.39, 0.29) is 19.4 Å². The third kappa shape index (κ3) is 5.01. The summed E-state index contributed by atoms with van der Waals surface area (Å²) in [4.78, 5) is 21.5. The standard InChI is InChI=1S/C12H14F2N2O3/c13-8-2-1-7(5-9(8)14)6-16-10(12(18)19)3-4-11(15)17/h1-2,5,10,16H,3-4,6H2,(H2,15,17)(H,18,19). The second-order valence-corrected chi connectivity index (χ2v) is 4.03. The molecule has 0 radical (unpaired) electrons. The Morgan fingerprint density at radius 3 is 2.53 bits per heavy atom. The third-order valence-corrected chi connectivity index (χ3v) is 2.51. The molecule has 1 atom stereocenters. The van der Waals surface area contributed by atoms with Crippen molar-refractivity contribution in [2.45, 2.75) is 25.4 Å². The Bertz CT molecular complexity index is 480. The van der Waals surface area contributed by atoms with E-state index in [2.05, 4.69) is 5.32 Å². The normalized spacial score (nSPS) is 12.1. The van der Waals surface area contributed by atoms with Crippen molar-refractivity contribution in [1.82, 2.24) is 5.32 Å². The lowest BCUT2D eigenvalue weighted by molar-refractivity contribution is -0.139. The highest BCUT2D eigenvalue weighted by Crippen LogP contribution is 2.09. The smallest absolute Gasteiger partial charge is 0.320 e. The van der Waals surface area contributed by atoms with Gasteiger partial charge in [0.25, 0.3) is 0 Å². The lowest BCUT2D eigenvalue weighted by Gasteiger charge is -2.13. The number of carbonyl (C=O) groups is 2. The summed E-state index contributed by atoms with van der Waals surface area (Å²) in [6.07, 6.45) is -0.0317. The molecule has 1 unspecified atom stereocenters. The Morgan fingerprint density at radius 2 is 2.00 bits per heavy atom. The Hall–Kier alpha value is -2.02. The first kappa shape index (κ1) is 15.0. The molecule has 1 aromatic rings. The first-order valence-corrected chi connectivity index (χ1v) is 5.58. The summed E-state index contributed by atoms with van der Waals surface area (Å²) < 4.78 is 25.6. The number of carbonyl (C=O) groups excluding carboxylic acids is 1. The van der Waals surface area contributed by atoms with E-state index < -0.39 is 29.6 Å². The van der Waals surface area contributed by atoms with E-state index in [0.29, 0.717) is 5.56 Å². The molecule has 1 rings (SSSR count). The molecule has 5 nitrogen and oxygen atoms in total. The number of hydrogen-bond acceptors (Lipinski definition) is 3. The van der Waals surface area contributed by atoms with E-state index >= 15 is 0 Å². The number of carboxylic acids is 1. The van der Waals surface area contributed by atoms with Gasteiger partial charge in [-0.05, 0) is 24.1 Å². The van der Waals surface area contributed by atoms with Crippen LogP contribution in [-0.4, -0.2) is 23.0 Å². The van der Waals surface area contributed by atoms with Gasteiger partial charge in [0.2, 0.25) is 5.91 Å². The molecule has 0 spiro atoms. The molecular weight excluding hydrogens is 258 g/mol. The van der Waals surface area contributed by atoms with Crippen molar-refractivity contribution in [2.24, 2.45) is 5.73 Å². The lowest BCUT2D eigenvalue weighted by atomic mass is 10.1. The molecule has 1 aromatic carbocycles. The van der Waals surface area contributed by atoms with Crippen LogP contribution in [0.15, 0.2) is 18.2 Å². The van der Waals surface area contributed by atoms with Crippen molar-refractivity contribution >= 4 is 11.9 Å². The van der Waals surface area contributed by atoms with Crippen LogP contribution in [0.1, 0.15) is 18.4 Å². The molecule has 4 N–H and O–H groups in total. The number of halogens is 2. The second-order valence-electron chi connectivity index (χ2n) is 4.03. The molecule has 0 bridgehead atoms. The van der Waals surface area contributed by atoms with E-state index in [1.807, 2.05) is 0 Å². The number of carboxylic acid groups (broad SMARTS) is 1. The number of hydrogen-bond donors (Lipinski definition) is 3. The zero-order valence-corrected chi connectivity index (χ0v) is 10.0. The van der Waals surface area contributed by atoms with Crippen molar-refractivity contribution in [3.05, 3.63) is 35.4 Å². The Balaban J connectivity index is 2.57. The summed E-state index contributed by atoms with van der Waals surface area (Å²) in [5.74, 6) is -3.69. The number of rotatable bonds is 7. The molecule has 0 aromatic heterocycles. The minimum absolute atomic E-state index is 0.0361. The van der Waals surface area contributed by atoms with Gasteiger partial charge in [-0.2, -0.15) is 0 Å². The van der Waals surface area contributed by atoms with Crippen LogP contribution >= 0.6 is 0 Å². The molecule has 7 heteroatoms. The highest BCUT2D eigenvalue weighted by Gasteiger charge is 2.17. The first-order chi connectivity index (χ1) is 8.90. The number of nitrogens with two attached hydrogens (primary N) is 1. The fourth-order valence-electron chi connectivity index (χ4n) is 1.49. The summed E-state index contributed by atoms with van der Waals surface area (Å²) in [7, 11) is 0. The van der Waals surface area contributed by atoms with Crippen LogP contribution in [0.3, 0.4) is 0 Å². The van der Waals surface area contributed by atoms with Crippen LogP contribution in [0.4, 0.5) is 8.78 Å². The second kappa shape index (κ2) is 6.79. The molecule has 0 heterocycles. The highest BCUT2D eigenvalue weighted by molar-refractivity contribution is 5.77. The number of benzene rings is 1. The average Bonchev–Trinajstić information content (AvgIpc) is 2.32. The number of primary amides is 1. The zero-order chi connectivity index (χ0) is 14.4. The summed E-state index contributed by atoms with van der Waals surface area (Å²) in [5, 5.41) is 11.6. The average molecular weight is 272 g/mol. The van der Waals surface area contributed by atoms with Gasteiger partial charge in [-0.15, -0.1) is 0 Å². The van der Waals surface area contributed by atoms with Gasteiger partial charge in [-0.1, -0.05) is 6.07 Å². The van der Waals surface area contributed by atoms with Crippen LogP contribution in [0.25, 0.3) is 0 Å². The molecular formula is C12H14F2N2O3. The van der Waals surface area contributed by atoms with Crippen LogP contribution in [0.2, 0.25) is 0 Å². The van der Waals surface area contributed by atoms with E-state index in [1.54, 1.807) is 0 Å². The highest BCUT2D eigenvalue weighted by atomic mass is 19.2. The number of aliphatic carboxylic acids is 1. The predicted octanol–water partition coefficient (Wildman–Crippen LogP) is 0.773. The van der Waals surface area contributed by atoms with Gasteiger partial charge in [-0.25, -0.2) is 8.78 Å². The van der Waals surface area contributed by atoms with Gasteiger partial charge in [0, 0.05) is 13.0 Å². The fourth-order valence-corrected chi connectivity index (χ4v) is 1.49. The van der Waals surface area contributed by atoms with Gasteiger partial charge in [-0.3, -0.25) is 9.59 Å². The molecule has 0 aliphatic carbocycles. The van der Waals surface area contributed by atoms with E-state index in [9.17, 15) is 18.4 Å². The Morgan fingerprint density at radius 1 is 1.32 bits per heavy atom. The number of nitrogens with one attached hydrogen (secondary N) is 1. The zero-order valence-electron chi connectivity index (χ0n) is 10.0. The third-order valence-electron chi connectivity index (χ3n) is 2.51. The minimum atomic E-state index is -1.14. The first-order valence-electron chi connectivity index (χ1n) is 5.58. The molecule has 19 heavy (non-hydrogen) atoms. The molecule has 0 fully saturated rings. The van der Waals surface area contributed by atoms with Crippen molar-refractivity contribution < 1.29 is 23.5 Å². The summed E-state index contributed by atoms with van der Waals surface area (Å²) in [6.45, 7) is 0.0485. The SMILES string of the molecule is NC(=O)CCC(NCc1ccc(F)c(F)c1)C(=O)O. The van der Waals surface area contributed by atoms with E-state index in [4.69, 9.17) is 10.8 Å². The van der Waals surface area contributed by atoms with Gasteiger partial charge >= 0.3 is 5.97 Å². The maximum atomic E-state index is 12.9. The summed E-state index contributed by atoms with van der Waals surface area (Å²) >= 11 is 0. The molecule has 0 saturated heterocycles. The van der Waals surface area contributed by atoms with Crippen LogP contribution < -0.4 is 11.1 Å². The predicted molar refractivity (Wildman–Crippen MR) is 63.0 cm³/mol. The maximum absolute atomic E-state index is 12.9. The van der Waals surface area contributed by atoms with Crippen LogP contribution in [-0.2, 0) is 16.1 Å². The molecule has 0 aliphatic rings. The van der Waals surface area contributed by atoms with Gasteiger partial charge in [0.05, 0.1) is 0 Å². The summed E-state index contributed by atoms with van der Waals surface area (Å²) in [5.41, 5.74) is 5.34. The molecule has 0 saturated carbocycles. The van der Waals surface area contributed by atoms with Gasteiger partial charge in [0.1, 0.15) is 6.04 Å². The quantitative estimate of drug-likeness (QED) is 0.683. The Kier molecular flexibility index (Phi) is 5.37. The van der Waals surface area contributed by atoms with Crippen LogP contribution in [0, 0.1) is 11.6 Å². The van der Waals surface area contributed by atoms with Gasteiger partial charge in [0.15, 0.2) is 11.6 Å². The lowest BCUT2D eigenvalue weighted by Crippen LogP contribution is -2.37. The van der Waals surface area contributed by atoms with E-state index in [1.165, 1.54) is 6.07 Å². The maximum Gasteiger partial charge on any atom is 0.320 e. The topological polar surface area (TPSA) is 92.4 Å². The van der Waals surface area contributed by atoms with Crippen molar-refractivity contribution in [2.75, 3.05) is 0 Å². The summed E-state index contributed by atoms with van der Waals surface area (Å²) in [6, 6.07) is 2.32. The molecule has 0 aliphatic heterocycles. The van der Waals surface area contributed by atoms with Crippen molar-refractivity contribution in [1.29, 1.82) is 0 Å². The van der Waals surface area contributed by atoms with Gasteiger partial charge < -0.3 is 16.2 Å². The van der Waals surface area contributed by atoms with Crippen LogP contribution in [0.5, 0.6) is 0 Å².